The molecule has 0 bridgehead atoms. The summed E-state index contributed by atoms with van der Waals surface area (Å²) >= 11 is 0. The fourth-order valence-corrected chi connectivity index (χ4v) is 3.24. The van der Waals surface area contributed by atoms with Crippen molar-refractivity contribution in [1.29, 1.82) is 0 Å². The highest BCUT2D eigenvalue weighted by atomic mass is 32.2. The first-order valence-electron chi connectivity index (χ1n) is 5.74. The molecule has 0 fully saturated rings. The lowest BCUT2D eigenvalue weighted by atomic mass is 10.4. The molecule has 0 atom stereocenters. The van der Waals surface area contributed by atoms with Crippen molar-refractivity contribution in [2.24, 2.45) is 0 Å². The third-order valence-corrected chi connectivity index (χ3v) is 4.21. The SMILES string of the molecule is CCCN(CCC)S(=O)(=O)c1ncccc1N. The van der Waals surface area contributed by atoms with Crippen LogP contribution in [0.5, 0.6) is 0 Å². The minimum Gasteiger partial charge on any atom is -0.396 e. The zero-order chi connectivity index (χ0) is 12.9. The largest absolute Gasteiger partial charge is 0.396 e. The molecule has 1 rings (SSSR count). The van der Waals surface area contributed by atoms with E-state index in [9.17, 15) is 8.42 Å². The molecular weight excluding hydrogens is 238 g/mol. The Bertz CT molecular complexity index is 454. The Balaban J connectivity index is 3.12. The quantitative estimate of drug-likeness (QED) is 0.837. The third kappa shape index (κ3) is 3.17. The first kappa shape index (κ1) is 13.9. The van der Waals surface area contributed by atoms with Crippen LogP contribution in [0, 0.1) is 0 Å². The van der Waals surface area contributed by atoms with E-state index >= 15 is 0 Å². The lowest BCUT2D eigenvalue weighted by Gasteiger charge is -2.20. The van der Waals surface area contributed by atoms with Crippen molar-refractivity contribution in [3.8, 4) is 0 Å². The van der Waals surface area contributed by atoms with Gasteiger partial charge in [0.2, 0.25) is 0 Å². The second-order valence-corrected chi connectivity index (χ2v) is 5.66. The fourth-order valence-electron chi connectivity index (χ4n) is 1.59. The van der Waals surface area contributed by atoms with E-state index in [0.29, 0.717) is 13.1 Å². The van der Waals surface area contributed by atoms with E-state index in [-0.39, 0.29) is 10.7 Å². The van der Waals surface area contributed by atoms with Gasteiger partial charge in [0, 0.05) is 19.3 Å². The lowest BCUT2D eigenvalue weighted by Crippen LogP contribution is -2.33. The van der Waals surface area contributed by atoms with E-state index in [1.807, 2.05) is 13.8 Å². The highest BCUT2D eigenvalue weighted by molar-refractivity contribution is 7.89. The van der Waals surface area contributed by atoms with Crippen LogP contribution in [0.25, 0.3) is 0 Å². The van der Waals surface area contributed by atoms with Crippen molar-refractivity contribution in [3.05, 3.63) is 18.3 Å². The monoisotopic (exact) mass is 257 g/mol. The second kappa shape index (κ2) is 5.97. The molecule has 1 aromatic rings. The first-order valence-corrected chi connectivity index (χ1v) is 7.18. The zero-order valence-corrected chi connectivity index (χ0v) is 11.1. The summed E-state index contributed by atoms with van der Waals surface area (Å²) in [5, 5.41) is -0.0399. The molecule has 17 heavy (non-hydrogen) atoms. The van der Waals surface area contributed by atoms with Crippen LogP contribution in [0.3, 0.4) is 0 Å². The molecule has 0 aromatic carbocycles. The molecule has 0 aliphatic carbocycles. The number of aromatic nitrogens is 1. The number of sulfonamides is 1. The number of nitrogen functional groups attached to an aromatic ring is 1. The van der Waals surface area contributed by atoms with E-state index in [0.717, 1.165) is 12.8 Å². The van der Waals surface area contributed by atoms with Gasteiger partial charge >= 0.3 is 0 Å². The maximum atomic E-state index is 12.3. The topological polar surface area (TPSA) is 76.3 Å². The molecule has 0 aliphatic rings. The molecular formula is C11H19N3O2S. The first-order chi connectivity index (χ1) is 8.04. The van der Waals surface area contributed by atoms with Gasteiger partial charge in [0.15, 0.2) is 5.03 Å². The van der Waals surface area contributed by atoms with Gasteiger partial charge < -0.3 is 5.73 Å². The molecule has 0 radical (unpaired) electrons. The normalized spacial score (nSPS) is 11.9. The highest BCUT2D eigenvalue weighted by Crippen LogP contribution is 2.19. The van der Waals surface area contributed by atoms with Crippen molar-refractivity contribution >= 4 is 15.7 Å². The summed E-state index contributed by atoms with van der Waals surface area (Å²) in [5.41, 5.74) is 5.87. The van der Waals surface area contributed by atoms with Gasteiger partial charge in [0.1, 0.15) is 0 Å². The Morgan fingerprint density at radius 2 is 1.88 bits per heavy atom. The number of hydrogen-bond acceptors (Lipinski definition) is 4. The molecule has 0 aliphatic heterocycles. The summed E-state index contributed by atoms with van der Waals surface area (Å²) in [6.45, 7) is 4.87. The summed E-state index contributed by atoms with van der Waals surface area (Å²) in [6, 6.07) is 3.17. The number of nitrogens with two attached hydrogens (primary N) is 1. The molecule has 5 nitrogen and oxygen atoms in total. The van der Waals surface area contributed by atoms with E-state index < -0.39 is 10.0 Å². The number of pyridine rings is 1. The molecule has 2 N–H and O–H groups in total. The van der Waals surface area contributed by atoms with Crippen molar-refractivity contribution in [1.82, 2.24) is 9.29 Å². The number of rotatable bonds is 6. The van der Waals surface area contributed by atoms with Crippen molar-refractivity contribution in [2.45, 2.75) is 31.7 Å². The minimum absolute atomic E-state index is 0.0399. The van der Waals surface area contributed by atoms with Gasteiger partial charge in [-0.05, 0) is 25.0 Å². The van der Waals surface area contributed by atoms with E-state index in [4.69, 9.17) is 5.73 Å². The predicted molar refractivity (Wildman–Crippen MR) is 68.0 cm³/mol. The molecule has 96 valence electrons. The molecule has 0 amide bonds. The Kier molecular flexibility index (Phi) is 4.89. The summed E-state index contributed by atoms with van der Waals surface area (Å²) in [5.74, 6) is 0. The second-order valence-electron chi connectivity index (χ2n) is 3.80. The summed E-state index contributed by atoms with van der Waals surface area (Å²) in [6.07, 6.45) is 2.98. The molecule has 6 heteroatoms. The van der Waals surface area contributed by atoms with Gasteiger partial charge in [-0.3, -0.25) is 0 Å². The Morgan fingerprint density at radius 3 is 2.35 bits per heavy atom. The van der Waals surface area contributed by atoms with E-state index in [2.05, 4.69) is 4.98 Å². The van der Waals surface area contributed by atoms with Crippen LogP contribution in [-0.4, -0.2) is 30.8 Å². The number of hydrogen-bond donors (Lipinski definition) is 1. The average Bonchev–Trinajstić information content (AvgIpc) is 2.29. The molecule has 0 saturated heterocycles. The fraction of sp³-hybridized carbons (Fsp3) is 0.545. The standard InChI is InChI=1S/C11H19N3O2S/c1-3-8-14(9-4-2)17(15,16)11-10(12)6-5-7-13-11/h5-7H,3-4,8-9,12H2,1-2H3. The number of nitrogens with zero attached hydrogens (tertiary/aromatic N) is 2. The average molecular weight is 257 g/mol. The van der Waals surface area contributed by atoms with E-state index in [1.165, 1.54) is 10.5 Å². The Labute approximate surface area is 103 Å². The lowest BCUT2D eigenvalue weighted by molar-refractivity contribution is 0.408. The summed E-state index contributed by atoms with van der Waals surface area (Å²) in [7, 11) is -3.56. The maximum absolute atomic E-state index is 12.3. The van der Waals surface area contributed by atoms with Crippen LogP contribution in [0.15, 0.2) is 23.4 Å². The van der Waals surface area contributed by atoms with Crippen LogP contribution in [0.1, 0.15) is 26.7 Å². The van der Waals surface area contributed by atoms with Crippen LogP contribution < -0.4 is 5.73 Å². The van der Waals surface area contributed by atoms with Crippen LogP contribution in [0.2, 0.25) is 0 Å². The molecule has 1 heterocycles. The summed E-state index contributed by atoms with van der Waals surface area (Å²) < 4.78 is 26.1. The smallest absolute Gasteiger partial charge is 0.262 e. The van der Waals surface area contributed by atoms with E-state index in [1.54, 1.807) is 12.1 Å². The zero-order valence-electron chi connectivity index (χ0n) is 10.3. The minimum atomic E-state index is -3.56. The third-order valence-electron chi connectivity index (χ3n) is 2.33. The highest BCUT2D eigenvalue weighted by Gasteiger charge is 2.26. The molecule has 0 spiro atoms. The predicted octanol–water partition coefficient (Wildman–Crippen LogP) is 1.47. The van der Waals surface area contributed by atoms with Crippen LogP contribution in [0.4, 0.5) is 5.69 Å². The molecule has 0 saturated carbocycles. The van der Waals surface area contributed by atoms with Gasteiger partial charge in [-0.1, -0.05) is 13.8 Å². The molecule has 1 aromatic heterocycles. The van der Waals surface area contributed by atoms with Crippen LogP contribution >= 0.6 is 0 Å². The summed E-state index contributed by atoms with van der Waals surface area (Å²) in [4.78, 5) is 3.88. The van der Waals surface area contributed by atoms with Crippen LogP contribution in [-0.2, 0) is 10.0 Å². The van der Waals surface area contributed by atoms with Crippen molar-refractivity contribution in [3.63, 3.8) is 0 Å². The van der Waals surface area contributed by atoms with Crippen molar-refractivity contribution in [2.75, 3.05) is 18.8 Å². The molecule has 0 unspecified atom stereocenters. The van der Waals surface area contributed by atoms with Gasteiger partial charge in [0.05, 0.1) is 5.69 Å². The maximum Gasteiger partial charge on any atom is 0.262 e. The number of anilines is 1. The van der Waals surface area contributed by atoms with Crippen molar-refractivity contribution < 1.29 is 8.42 Å². The Morgan fingerprint density at radius 1 is 1.29 bits per heavy atom. The van der Waals surface area contributed by atoms with Gasteiger partial charge in [-0.15, -0.1) is 0 Å². The van der Waals surface area contributed by atoms with Gasteiger partial charge in [-0.2, -0.15) is 4.31 Å². The Hall–Kier alpha value is -1.14. The van der Waals surface area contributed by atoms with Gasteiger partial charge in [0.25, 0.3) is 10.0 Å². The van der Waals surface area contributed by atoms with Gasteiger partial charge in [-0.25, -0.2) is 13.4 Å².